The van der Waals surface area contributed by atoms with Gasteiger partial charge in [-0.25, -0.2) is 18.2 Å². The smallest absolute Gasteiger partial charge is 0.301 e. The number of carbonyl (C=O) groups excluding carboxylic acids is 2. The lowest BCUT2D eigenvalue weighted by atomic mass is 9.70. The number of piperidine rings is 4. The van der Waals surface area contributed by atoms with Crippen LogP contribution in [0.2, 0.25) is 5.02 Å². The number of alkyl halides is 2. The molecule has 11 rings (SSSR count). The number of halogens is 4. The molecule has 15 nitrogen and oxygen atoms in total. The minimum atomic E-state index is -3.14. The number of pyridine rings is 1. The zero-order valence-electron chi connectivity index (χ0n) is 38.6. The largest absolute Gasteiger partial charge is 0.480 e. The number of anilines is 5. The molecule has 1 aliphatic carbocycles. The summed E-state index contributed by atoms with van der Waals surface area (Å²) < 4.78 is 55.2. The molecule has 1 spiro atoms. The van der Waals surface area contributed by atoms with Crippen LogP contribution in [0, 0.1) is 23.1 Å². The number of nitrogens with zero attached hydrogens (tertiary/aromatic N) is 8. The minimum absolute atomic E-state index is 0.107. The van der Waals surface area contributed by atoms with Crippen LogP contribution in [0.15, 0.2) is 41.3 Å². The van der Waals surface area contributed by atoms with E-state index in [2.05, 4.69) is 47.7 Å². The molecule has 5 aromatic rings. The van der Waals surface area contributed by atoms with Gasteiger partial charge in [0.15, 0.2) is 18.2 Å². The van der Waals surface area contributed by atoms with E-state index in [-0.39, 0.29) is 46.8 Å². The summed E-state index contributed by atoms with van der Waals surface area (Å²) in [6, 6.07) is 8.39. The Bertz CT molecular complexity index is 2880. The molecule has 2 aromatic carbocycles. The molecule has 2 amide bonds. The van der Waals surface area contributed by atoms with E-state index in [9.17, 15) is 14.4 Å². The molecule has 3 aromatic heterocycles. The highest BCUT2D eigenvalue weighted by atomic mass is 35.5. The van der Waals surface area contributed by atoms with Gasteiger partial charge in [-0.2, -0.15) is 10.1 Å². The van der Waals surface area contributed by atoms with Crippen molar-refractivity contribution in [2.45, 2.75) is 95.1 Å². The maximum absolute atomic E-state index is 16.3. The van der Waals surface area contributed by atoms with Crippen LogP contribution in [0.25, 0.3) is 21.8 Å². The summed E-state index contributed by atoms with van der Waals surface area (Å²) in [4.78, 5) is 54.2. The second kappa shape index (κ2) is 17.1. The van der Waals surface area contributed by atoms with E-state index in [1.807, 2.05) is 24.3 Å². The monoisotopic (exact) mass is 955 g/mol. The molecule has 0 radical (unpaired) electrons. The number of hydrogen-bond acceptors (Lipinski definition) is 12. The van der Waals surface area contributed by atoms with E-state index >= 15 is 13.2 Å². The van der Waals surface area contributed by atoms with Crippen molar-refractivity contribution in [2.75, 3.05) is 66.3 Å². The lowest BCUT2D eigenvalue weighted by Gasteiger charge is -2.49. The van der Waals surface area contributed by atoms with Gasteiger partial charge in [-0.1, -0.05) is 11.6 Å². The third-order valence-electron chi connectivity index (χ3n) is 16.2. The second-order valence-corrected chi connectivity index (χ2v) is 20.6. The van der Waals surface area contributed by atoms with Crippen molar-refractivity contribution in [3.63, 3.8) is 0 Å². The van der Waals surface area contributed by atoms with Crippen LogP contribution in [0.3, 0.4) is 0 Å². The van der Waals surface area contributed by atoms with Crippen LogP contribution in [0.5, 0.6) is 5.75 Å². The molecule has 5 fully saturated rings. The summed E-state index contributed by atoms with van der Waals surface area (Å²) >= 11 is 6.68. The van der Waals surface area contributed by atoms with E-state index in [0.29, 0.717) is 86.9 Å². The summed E-state index contributed by atoms with van der Waals surface area (Å²) in [6.45, 7) is 6.75. The summed E-state index contributed by atoms with van der Waals surface area (Å²) in [5.74, 6) is -3.49. The molecule has 4 saturated heterocycles. The van der Waals surface area contributed by atoms with Crippen molar-refractivity contribution in [1.29, 1.82) is 0 Å². The maximum atomic E-state index is 16.3. The second-order valence-electron chi connectivity index (χ2n) is 20.2. The van der Waals surface area contributed by atoms with Crippen LogP contribution < -0.4 is 36.0 Å². The Kier molecular flexibility index (Phi) is 11.3. The summed E-state index contributed by atoms with van der Waals surface area (Å²) in [7, 11) is 3.31. The van der Waals surface area contributed by atoms with Gasteiger partial charge in [0, 0.05) is 69.2 Å². The molecule has 0 bridgehead atoms. The van der Waals surface area contributed by atoms with Crippen molar-refractivity contribution < 1.29 is 27.5 Å². The molecule has 5 aliphatic heterocycles. The predicted molar refractivity (Wildman–Crippen MR) is 255 cm³/mol. The number of ether oxygens (including phenoxy) is 1. The van der Waals surface area contributed by atoms with Crippen molar-refractivity contribution in [3.8, 4) is 5.75 Å². The van der Waals surface area contributed by atoms with Crippen LogP contribution in [-0.4, -0.2) is 105 Å². The molecule has 8 heterocycles. The van der Waals surface area contributed by atoms with Crippen molar-refractivity contribution in [1.82, 2.24) is 34.5 Å². The summed E-state index contributed by atoms with van der Waals surface area (Å²) in [5.41, 5.74) is 2.71. The van der Waals surface area contributed by atoms with Crippen LogP contribution in [0.4, 0.5) is 42.0 Å². The lowest BCUT2D eigenvalue weighted by molar-refractivity contribution is -0.134. The molecular formula is C49H57ClF3N11O4. The fourth-order valence-electron chi connectivity index (χ4n) is 11.8. The SMILES string of the molecule is CC(C1CCN(c2ccc3c(C4CCC(=O)NC4=O)nn(C)c3c2F)CC1)N1CCC2(CCN(c3ncc(Cl)c(Nc4ccc5c(c4)c4c(c(=O)n5C)OCC(F)(F)C(C5CC5)N4)n3)CC2)CC1. The highest BCUT2D eigenvalue weighted by molar-refractivity contribution is 6.33. The number of carbonyl (C=O) groups is 2. The first-order valence-corrected chi connectivity index (χ1v) is 24.5. The fourth-order valence-corrected chi connectivity index (χ4v) is 12.0. The highest BCUT2D eigenvalue weighted by Crippen LogP contribution is 2.47. The first-order chi connectivity index (χ1) is 32.7. The van der Waals surface area contributed by atoms with Gasteiger partial charge in [0.25, 0.3) is 5.56 Å². The van der Waals surface area contributed by atoms with Gasteiger partial charge in [0.05, 0.1) is 40.7 Å². The zero-order chi connectivity index (χ0) is 47.2. The molecule has 1 saturated carbocycles. The van der Waals surface area contributed by atoms with Crippen LogP contribution in [-0.2, 0) is 23.7 Å². The van der Waals surface area contributed by atoms with Gasteiger partial charge in [-0.05, 0) is 125 Å². The number of amides is 2. The molecule has 6 aliphatic rings. The first-order valence-electron chi connectivity index (χ1n) is 24.1. The highest BCUT2D eigenvalue weighted by Gasteiger charge is 2.51. The lowest BCUT2D eigenvalue weighted by Crippen LogP contribution is -2.51. The number of imide groups is 1. The van der Waals surface area contributed by atoms with Crippen molar-refractivity contribution in [3.05, 3.63) is 63.4 Å². The number of benzene rings is 2. The van der Waals surface area contributed by atoms with E-state index in [4.69, 9.17) is 21.3 Å². The van der Waals surface area contributed by atoms with E-state index < -0.39 is 30.0 Å². The third kappa shape index (κ3) is 7.98. The number of nitrogens with one attached hydrogen (secondary N) is 3. The van der Waals surface area contributed by atoms with E-state index in [0.717, 1.165) is 77.8 Å². The van der Waals surface area contributed by atoms with Gasteiger partial charge in [-0.15, -0.1) is 0 Å². The minimum Gasteiger partial charge on any atom is -0.480 e. The fraction of sp³-hybridized carbons (Fsp3) is 0.551. The van der Waals surface area contributed by atoms with Crippen molar-refractivity contribution in [2.24, 2.45) is 31.3 Å². The summed E-state index contributed by atoms with van der Waals surface area (Å²) in [5, 5.41) is 14.9. The topological polar surface area (TPSA) is 155 Å². The number of likely N-dealkylation sites (tertiary alicyclic amines) is 1. The number of aromatic nitrogens is 5. The summed E-state index contributed by atoms with van der Waals surface area (Å²) in [6.07, 6.45) is 9.87. The number of fused-ring (bicyclic) bond motifs is 4. The standard InChI is InChI=1S/C49H57ClF3N11O4/c1-27(28-12-18-63(19-13-28)36-10-7-31-39(59-61(3)41(31)38(36)51)32-8-11-37(65)56-45(32)66)62-20-14-48(15-21-62)16-22-64(23-17-48)47-54-25-34(50)44(58-47)55-30-6-9-35-33(24-30)40-42(46(67)60(35)2)68-26-49(52,53)43(57-40)29-4-5-29/h6-7,9-10,24-25,27-29,32,43,57H,4-5,8,11-23,26H2,1-3H3,(H,54,55,58)(H,56,65,66). The van der Waals surface area contributed by atoms with Gasteiger partial charge in [0.2, 0.25) is 23.5 Å². The van der Waals surface area contributed by atoms with E-state index in [1.54, 1.807) is 26.4 Å². The molecular weight excluding hydrogens is 899 g/mol. The quantitative estimate of drug-likeness (QED) is 0.132. The Morgan fingerprint density at radius 1 is 0.912 bits per heavy atom. The Morgan fingerprint density at radius 2 is 1.65 bits per heavy atom. The van der Waals surface area contributed by atoms with Gasteiger partial charge in [-0.3, -0.25) is 24.4 Å². The molecule has 19 heteroatoms. The predicted octanol–water partition coefficient (Wildman–Crippen LogP) is 7.48. The van der Waals surface area contributed by atoms with Crippen LogP contribution in [0.1, 0.15) is 82.7 Å². The third-order valence-corrected chi connectivity index (χ3v) is 16.5. The van der Waals surface area contributed by atoms with Crippen LogP contribution >= 0.6 is 11.6 Å². The number of hydrogen-bond donors (Lipinski definition) is 3. The van der Waals surface area contributed by atoms with Crippen molar-refractivity contribution >= 4 is 74.0 Å². The average Bonchev–Trinajstić information content (AvgIpc) is 4.13. The molecule has 3 atom stereocenters. The van der Waals surface area contributed by atoms with Gasteiger partial charge < -0.3 is 34.6 Å². The Morgan fingerprint density at radius 3 is 2.37 bits per heavy atom. The Labute approximate surface area is 396 Å². The van der Waals surface area contributed by atoms with Gasteiger partial charge >= 0.3 is 5.92 Å². The normalized spacial score (nSPS) is 23.8. The molecule has 360 valence electrons. The van der Waals surface area contributed by atoms with Gasteiger partial charge in [0.1, 0.15) is 10.5 Å². The number of rotatable bonds is 8. The molecule has 3 unspecified atom stereocenters. The Balaban J connectivity index is 0.701. The zero-order valence-corrected chi connectivity index (χ0v) is 39.4. The average molecular weight is 957 g/mol. The Hall–Kier alpha value is -5.62. The maximum Gasteiger partial charge on any atom is 0.301 e. The van der Waals surface area contributed by atoms with E-state index in [1.165, 1.54) is 9.25 Å². The number of aryl methyl sites for hydroxylation is 2. The molecule has 3 N–H and O–H groups in total. The first kappa shape index (κ1) is 44.9. The molecule has 68 heavy (non-hydrogen) atoms.